The van der Waals surface area contributed by atoms with Crippen LogP contribution in [-0.4, -0.2) is 66.1 Å². The van der Waals surface area contributed by atoms with Crippen LogP contribution in [0.3, 0.4) is 0 Å². The molecule has 24 heavy (non-hydrogen) atoms. The predicted molar refractivity (Wildman–Crippen MR) is 88.4 cm³/mol. The van der Waals surface area contributed by atoms with Gasteiger partial charge in [-0.2, -0.15) is 0 Å². The van der Waals surface area contributed by atoms with Crippen molar-refractivity contribution in [1.82, 2.24) is 10.2 Å². The Kier molecular flexibility index (Phi) is 5.87. The van der Waals surface area contributed by atoms with Crippen molar-refractivity contribution in [3.63, 3.8) is 0 Å². The lowest BCUT2D eigenvalue weighted by Gasteiger charge is -2.45. The number of morpholine rings is 1. The number of aliphatic hydroxyl groups excluding tert-OH is 1. The first kappa shape index (κ1) is 18.7. The van der Waals surface area contributed by atoms with E-state index in [1.807, 2.05) is 6.08 Å². The van der Waals surface area contributed by atoms with Crippen molar-refractivity contribution in [3.8, 4) is 0 Å². The van der Waals surface area contributed by atoms with Gasteiger partial charge >= 0.3 is 6.09 Å². The third-order valence-electron chi connectivity index (χ3n) is 4.06. The summed E-state index contributed by atoms with van der Waals surface area (Å²) in [5.74, 6) is 0.337. The molecule has 1 aliphatic carbocycles. The van der Waals surface area contributed by atoms with E-state index in [0.29, 0.717) is 19.1 Å². The Morgan fingerprint density at radius 1 is 1.42 bits per heavy atom. The summed E-state index contributed by atoms with van der Waals surface area (Å²) in [5.41, 5.74) is -1.58. The zero-order valence-corrected chi connectivity index (χ0v) is 14.7. The molecule has 136 valence electrons. The number of nitrogens with one attached hydrogen (secondary N) is 1. The Labute approximate surface area is 143 Å². The Bertz CT molecular complexity index is 496. The van der Waals surface area contributed by atoms with E-state index >= 15 is 0 Å². The average molecular weight is 340 g/mol. The van der Waals surface area contributed by atoms with Gasteiger partial charge in [0.2, 0.25) is 5.91 Å². The second kappa shape index (κ2) is 7.53. The quantitative estimate of drug-likeness (QED) is 0.731. The molecule has 1 atom stereocenters. The van der Waals surface area contributed by atoms with E-state index in [9.17, 15) is 14.7 Å². The zero-order valence-electron chi connectivity index (χ0n) is 14.7. The molecule has 0 spiro atoms. The highest BCUT2D eigenvalue weighted by Crippen LogP contribution is 2.30. The lowest BCUT2D eigenvalue weighted by atomic mass is 9.97. The van der Waals surface area contributed by atoms with Crippen LogP contribution in [0.4, 0.5) is 4.79 Å². The highest BCUT2D eigenvalue weighted by atomic mass is 16.6. The van der Waals surface area contributed by atoms with Crippen molar-refractivity contribution in [3.05, 3.63) is 12.2 Å². The number of amides is 2. The van der Waals surface area contributed by atoms with Crippen molar-refractivity contribution in [1.29, 1.82) is 0 Å². The van der Waals surface area contributed by atoms with E-state index < -0.39 is 17.2 Å². The topological polar surface area (TPSA) is 88.1 Å². The average Bonchev–Trinajstić information content (AvgIpc) is 3.33. The van der Waals surface area contributed by atoms with Crippen LogP contribution in [0.15, 0.2) is 12.2 Å². The molecule has 0 bridgehead atoms. The third-order valence-corrected chi connectivity index (χ3v) is 4.06. The lowest BCUT2D eigenvalue weighted by molar-refractivity contribution is -0.148. The predicted octanol–water partition coefficient (Wildman–Crippen LogP) is 1.07. The number of hydrogen-bond donors (Lipinski definition) is 2. The second-order valence-corrected chi connectivity index (χ2v) is 7.48. The van der Waals surface area contributed by atoms with Crippen LogP contribution in [0, 0.1) is 5.92 Å². The van der Waals surface area contributed by atoms with Crippen LogP contribution in [0.5, 0.6) is 0 Å². The van der Waals surface area contributed by atoms with Gasteiger partial charge in [0.25, 0.3) is 0 Å². The standard InChI is InChI=1S/C17H28N2O5/c1-16(2,3)24-15(22)18-10-17(11-20)12-23-9-8-19(17)14(21)7-6-13-4-5-13/h6-7,13,20H,4-5,8-12H2,1-3H3,(H,18,22). The maximum absolute atomic E-state index is 12.5. The molecule has 1 saturated carbocycles. The Balaban J connectivity index is 2.01. The molecule has 2 rings (SSSR count). The number of carbonyl (C=O) groups is 2. The number of alkyl carbamates (subject to hydrolysis) is 1. The van der Waals surface area contributed by atoms with Crippen molar-refractivity contribution < 1.29 is 24.2 Å². The van der Waals surface area contributed by atoms with Crippen LogP contribution < -0.4 is 5.32 Å². The van der Waals surface area contributed by atoms with E-state index in [1.165, 1.54) is 0 Å². The first-order valence-electron chi connectivity index (χ1n) is 8.41. The van der Waals surface area contributed by atoms with E-state index in [4.69, 9.17) is 9.47 Å². The van der Waals surface area contributed by atoms with Gasteiger partial charge in [-0.1, -0.05) is 6.08 Å². The molecule has 1 unspecified atom stereocenters. The summed E-state index contributed by atoms with van der Waals surface area (Å²) < 4.78 is 10.7. The minimum atomic E-state index is -0.972. The lowest BCUT2D eigenvalue weighted by Crippen LogP contribution is -2.65. The number of carbonyl (C=O) groups excluding carboxylic acids is 2. The summed E-state index contributed by atoms with van der Waals surface area (Å²) >= 11 is 0. The summed E-state index contributed by atoms with van der Waals surface area (Å²) in [5, 5.41) is 12.5. The third kappa shape index (κ3) is 5.21. The number of ether oxygens (including phenoxy) is 2. The Morgan fingerprint density at radius 3 is 2.71 bits per heavy atom. The molecule has 0 aromatic rings. The van der Waals surface area contributed by atoms with Gasteiger partial charge in [0, 0.05) is 13.1 Å². The van der Waals surface area contributed by atoms with Gasteiger partial charge in [-0.05, 0) is 45.6 Å². The van der Waals surface area contributed by atoms with Crippen molar-refractivity contribution in [2.24, 2.45) is 5.92 Å². The van der Waals surface area contributed by atoms with Crippen LogP contribution >= 0.6 is 0 Å². The number of hydrogen-bond acceptors (Lipinski definition) is 5. The monoisotopic (exact) mass is 340 g/mol. The molecule has 0 radical (unpaired) electrons. The fourth-order valence-corrected chi connectivity index (χ4v) is 2.56. The van der Waals surface area contributed by atoms with E-state index in [0.717, 1.165) is 12.8 Å². The number of rotatable bonds is 5. The normalized spacial score (nSPS) is 24.9. The Hall–Kier alpha value is -1.60. The summed E-state index contributed by atoms with van der Waals surface area (Å²) in [6.07, 6.45) is 5.15. The highest BCUT2D eigenvalue weighted by Gasteiger charge is 2.42. The maximum Gasteiger partial charge on any atom is 0.407 e. The molecule has 7 nitrogen and oxygen atoms in total. The fourth-order valence-electron chi connectivity index (χ4n) is 2.56. The summed E-state index contributed by atoms with van der Waals surface area (Å²) in [6.45, 7) is 6.06. The minimum Gasteiger partial charge on any atom is -0.444 e. The van der Waals surface area contributed by atoms with E-state index in [1.54, 1.807) is 31.7 Å². The minimum absolute atomic E-state index is 0.0709. The van der Waals surface area contributed by atoms with Gasteiger partial charge < -0.3 is 24.8 Å². The summed E-state index contributed by atoms with van der Waals surface area (Å²) in [7, 11) is 0. The highest BCUT2D eigenvalue weighted by molar-refractivity contribution is 5.88. The first-order chi connectivity index (χ1) is 11.3. The van der Waals surface area contributed by atoms with Gasteiger partial charge in [-0.15, -0.1) is 0 Å². The van der Waals surface area contributed by atoms with E-state index in [-0.39, 0.29) is 25.7 Å². The summed E-state index contributed by atoms with van der Waals surface area (Å²) in [6, 6.07) is 0. The maximum atomic E-state index is 12.5. The zero-order chi connectivity index (χ0) is 17.8. The molecule has 1 heterocycles. The fraction of sp³-hybridized carbons (Fsp3) is 0.765. The van der Waals surface area contributed by atoms with Gasteiger partial charge in [-0.25, -0.2) is 4.79 Å². The number of aliphatic hydroxyl groups is 1. The molecule has 0 aromatic carbocycles. The molecule has 1 aliphatic heterocycles. The van der Waals surface area contributed by atoms with Crippen molar-refractivity contribution in [2.45, 2.75) is 44.8 Å². The molecular weight excluding hydrogens is 312 g/mol. The van der Waals surface area contributed by atoms with Gasteiger partial charge in [-0.3, -0.25) is 4.79 Å². The molecule has 0 aromatic heterocycles. The number of allylic oxidation sites excluding steroid dienone is 1. The Morgan fingerprint density at radius 2 is 2.12 bits per heavy atom. The molecular formula is C17H28N2O5. The van der Waals surface area contributed by atoms with Crippen LogP contribution in [-0.2, 0) is 14.3 Å². The SMILES string of the molecule is CC(C)(C)OC(=O)NCC1(CO)COCCN1C(=O)C=CC1CC1. The number of nitrogens with zero attached hydrogens (tertiary/aromatic N) is 1. The molecule has 2 aliphatic rings. The largest absolute Gasteiger partial charge is 0.444 e. The molecule has 7 heteroatoms. The second-order valence-electron chi connectivity index (χ2n) is 7.48. The van der Waals surface area contributed by atoms with Gasteiger partial charge in [0.15, 0.2) is 0 Å². The van der Waals surface area contributed by atoms with Gasteiger partial charge in [0.05, 0.1) is 19.8 Å². The molecule has 2 fully saturated rings. The van der Waals surface area contributed by atoms with Crippen LogP contribution in [0.25, 0.3) is 0 Å². The smallest absolute Gasteiger partial charge is 0.407 e. The van der Waals surface area contributed by atoms with Crippen molar-refractivity contribution >= 4 is 12.0 Å². The van der Waals surface area contributed by atoms with Gasteiger partial charge in [0.1, 0.15) is 11.1 Å². The van der Waals surface area contributed by atoms with Crippen LogP contribution in [0.2, 0.25) is 0 Å². The van der Waals surface area contributed by atoms with Crippen molar-refractivity contribution in [2.75, 3.05) is 32.9 Å². The molecule has 2 amide bonds. The summed E-state index contributed by atoms with van der Waals surface area (Å²) in [4.78, 5) is 26.0. The first-order valence-corrected chi connectivity index (χ1v) is 8.41. The molecule has 1 saturated heterocycles. The molecule has 2 N–H and O–H groups in total. The van der Waals surface area contributed by atoms with E-state index in [2.05, 4.69) is 5.32 Å². The van der Waals surface area contributed by atoms with Crippen LogP contribution in [0.1, 0.15) is 33.6 Å².